The molecule has 0 aliphatic carbocycles. The number of nitrogens with zero attached hydrogens (tertiary/aromatic N) is 1. The van der Waals surface area contributed by atoms with Crippen LogP contribution in [0.3, 0.4) is 0 Å². The average Bonchev–Trinajstić information content (AvgIpc) is 2.55. The van der Waals surface area contributed by atoms with Gasteiger partial charge in [-0.1, -0.05) is 6.07 Å². The predicted octanol–water partition coefficient (Wildman–Crippen LogP) is 2.27. The minimum atomic E-state index is -3.51. The number of methoxy groups -OCH3 is 1. The first-order valence-electron chi connectivity index (χ1n) is 7.39. The number of benzene rings is 2. The molecule has 0 bridgehead atoms. The summed E-state index contributed by atoms with van der Waals surface area (Å²) in [5.74, 6) is -0.763. The molecule has 0 saturated heterocycles. The van der Waals surface area contributed by atoms with Gasteiger partial charge in [0, 0.05) is 19.8 Å². The highest BCUT2D eigenvalue weighted by atomic mass is 32.2. The van der Waals surface area contributed by atoms with E-state index in [2.05, 4.69) is 5.32 Å². The van der Waals surface area contributed by atoms with E-state index in [9.17, 15) is 17.6 Å². The third-order valence-corrected chi connectivity index (χ3v) is 5.33. The monoisotopic (exact) mass is 366 g/mol. The molecule has 2 rings (SSSR count). The molecule has 0 aliphatic rings. The second-order valence-corrected chi connectivity index (χ2v) is 7.66. The lowest BCUT2D eigenvalue weighted by Crippen LogP contribution is -2.22. The number of ether oxygens (including phenoxy) is 1. The summed E-state index contributed by atoms with van der Waals surface area (Å²) in [7, 11) is 0.738. The maximum atomic E-state index is 13.6. The van der Waals surface area contributed by atoms with Crippen LogP contribution in [0.25, 0.3) is 0 Å². The summed E-state index contributed by atoms with van der Waals surface area (Å²) >= 11 is 0. The lowest BCUT2D eigenvalue weighted by Gasteiger charge is -2.12. The van der Waals surface area contributed by atoms with Gasteiger partial charge in [0.2, 0.25) is 15.9 Å². The number of sulfonamides is 1. The number of nitrogens with one attached hydrogen (secondary N) is 1. The van der Waals surface area contributed by atoms with Crippen molar-refractivity contribution in [2.75, 3.05) is 26.5 Å². The van der Waals surface area contributed by atoms with Gasteiger partial charge in [-0.2, -0.15) is 0 Å². The molecule has 1 N–H and O–H groups in total. The number of rotatable bonds is 6. The number of carbonyl (C=O) groups is 1. The Kier molecular flexibility index (Phi) is 5.76. The van der Waals surface area contributed by atoms with E-state index < -0.39 is 15.8 Å². The zero-order valence-electron chi connectivity index (χ0n) is 14.1. The molecule has 0 radical (unpaired) electrons. The van der Waals surface area contributed by atoms with Crippen molar-refractivity contribution in [1.82, 2.24) is 4.31 Å². The first kappa shape index (κ1) is 18.9. The van der Waals surface area contributed by atoms with Crippen LogP contribution >= 0.6 is 0 Å². The van der Waals surface area contributed by atoms with Crippen LogP contribution in [0.1, 0.15) is 5.56 Å². The highest BCUT2D eigenvalue weighted by molar-refractivity contribution is 7.89. The molecule has 25 heavy (non-hydrogen) atoms. The van der Waals surface area contributed by atoms with Gasteiger partial charge >= 0.3 is 0 Å². The number of carbonyl (C=O) groups excluding carboxylic acids is 1. The molecule has 0 saturated carbocycles. The molecule has 8 heteroatoms. The van der Waals surface area contributed by atoms with Crippen LogP contribution in [-0.2, 0) is 21.2 Å². The van der Waals surface area contributed by atoms with Crippen molar-refractivity contribution in [2.45, 2.75) is 11.3 Å². The van der Waals surface area contributed by atoms with Crippen LogP contribution in [0.2, 0.25) is 0 Å². The highest BCUT2D eigenvalue weighted by Gasteiger charge is 2.16. The predicted molar refractivity (Wildman–Crippen MR) is 92.6 cm³/mol. The van der Waals surface area contributed by atoms with Crippen LogP contribution in [0.15, 0.2) is 47.4 Å². The van der Waals surface area contributed by atoms with Gasteiger partial charge in [-0.15, -0.1) is 0 Å². The molecule has 134 valence electrons. The summed E-state index contributed by atoms with van der Waals surface area (Å²) in [5, 5.41) is 2.65. The van der Waals surface area contributed by atoms with Crippen LogP contribution in [0.5, 0.6) is 5.75 Å². The third-order valence-electron chi connectivity index (χ3n) is 3.50. The Balaban J connectivity index is 2.05. The van der Waals surface area contributed by atoms with E-state index in [0.29, 0.717) is 11.3 Å². The fourth-order valence-electron chi connectivity index (χ4n) is 2.13. The first-order valence-corrected chi connectivity index (χ1v) is 8.83. The van der Waals surface area contributed by atoms with E-state index >= 15 is 0 Å². The molecule has 6 nitrogen and oxygen atoms in total. The fraction of sp³-hybridized carbons (Fsp3) is 0.235. The smallest absolute Gasteiger partial charge is 0.242 e. The number of anilines is 1. The summed E-state index contributed by atoms with van der Waals surface area (Å²) in [4.78, 5) is 12.2. The molecule has 0 spiro atoms. The zero-order chi connectivity index (χ0) is 18.6. The molecule has 2 aromatic carbocycles. The van der Waals surface area contributed by atoms with E-state index in [4.69, 9.17) is 4.74 Å². The number of hydrogen-bond acceptors (Lipinski definition) is 4. The molecule has 0 heterocycles. The summed E-state index contributed by atoms with van der Waals surface area (Å²) in [6.07, 6.45) is -0.0152. The van der Waals surface area contributed by atoms with Gasteiger partial charge in [-0.3, -0.25) is 4.79 Å². The first-order chi connectivity index (χ1) is 11.7. The number of amides is 1. The van der Waals surface area contributed by atoms with Crippen molar-refractivity contribution in [3.63, 3.8) is 0 Å². The third kappa shape index (κ3) is 4.55. The Morgan fingerprint density at radius 3 is 2.32 bits per heavy atom. The van der Waals surface area contributed by atoms with Crippen molar-refractivity contribution in [2.24, 2.45) is 0 Å². The Bertz CT molecular complexity index is 865. The molecular weight excluding hydrogens is 347 g/mol. The van der Waals surface area contributed by atoms with Gasteiger partial charge in [-0.05, 0) is 42.0 Å². The summed E-state index contributed by atoms with van der Waals surface area (Å²) in [5.41, 5.74) is 0.958. The van der Waals surface area contributed by atoms with E-state index in [0.717, 1.165) is 4.31 Å². The van der Waals surface area contributed by atoms with Crippen LogP contribution in [0.4, 0.5) is 10.1 Å². The van der Waals surface area contributed by atoms with Crippen LogP contribution in [0, 0.1) is 5.82 Å². The normalized spacial score (nSPS) is 11.4. The zero-order valence-corrected chi connectivity index (χ0v) is 14.9. The minimum Gasteiger partial charge on any atom is -0.494 e. The molecule has 0 atom stereocenters. The Morgan fingerprint density at radius 1 is 1.16 bits per heavy atom. The molecule has 0 unspecified atom stereocenters. The van der Waals surface area contributed by atoms with E-state index in [1.54, 1.807) is 6.07 Å². The molecule has 0 aromatic heterocycles. The minimum absolute atomic E-state index is 0.0152. The van der Waals surface area contributed by atoms with Gasteiger partial charge in [0.1, 0.15) is 0 Å². The lowest BCUT2D eigenvalue weighted by molar-refractivity contribution is -0.115. The second kappa shape index (κ2) is 7.62. The Morgan fingerprint density at radius 2 is 1.80 bits per heavy atom. The van der Waals surface area contributed by atoms with Crippen molar-refractivity contribution in [3.8, 4) is 5.75 Å². The van der Waals surface area contributed by atoms with E-state index in [-0.39, 0.29) is 23.0 Å². The fourth-order valence-corrected chi connectivity index (χ4v) is 3.03. The topological polar surface area (TPSA) is 75.7 Å². The quantitative estimate of drug-likeness (QED) is 0.851. The van der Waals surface area contributed by atoms with Crippen LogP contribution < -0.4 is 10.1 Å². The average molecular weight is 366 g/mol. The van der Waals surface area contributed by atoms with Gasteiger partial charge in [0.05, 0.1) is 18.4 Å². The number of halogens is 1. The summed E-state index contributed by atoms with van der Waals surface area (Å²) in [6, 6.07) is 10.1. The molecule has 0 fully saturated rings. The Labute approximate surface area is 146 Å². The van der Waals surface area contributed by atoms with Crippen molar-refractivity contribution in [1.29, 1.82) is 0 Å². The SMILES string of the molecule is COc1ccc(CC(=O)Nc2ccc(S(=O)(=O)N(C)C)cc2)cc1F. The van der Waals surface area contributed by atoms with Crippen molar-refractivity contribution < 1.29 is 22.3 Å². The molecular formula is C17H19FN2O4S. The van der Waals surface area contributed by atoms with Gasteiger partial charge in [0.25, 0.3) is 0 Å². The summed E-state index contributed by atoms with van der Waals surface area (Å²) < 4.78 is 43.5. The number of hydrogen-bond donors (Lipinski definition) is 1. The maximum Gasteiger partial charge on any atom is 0.242 e. The molecule has 0 aliphatic heterocycles. The van der Waals surface area contributed by atoms with Gasteiger partial charge in [-0.25, -0.2) is 17.1 Å². The lowest BCUT2D eigenvalue weighted by atomic mass is 10.1. The summed E-state index contributed by atoms with van der Waals surface area (Å²) in [6.45, 7) is 0. The molecule has 1 amide bonds. The second-order valence-electron chi connectivity index (χ2n) is 5.51. The van der Waals surface area contributed by atoms with Crippen molar-refractivity contribution in [3.05, 3.63) is 53.8 Å². The maximum absolute atomic E-state index is 13.6. The van der Waals surface area contributed by atoms with Crippen molar-refractivity contribution >= 4 is 21.6 Å². The van der Waals surface area contributed by atoms with Crippen LogP contribution in [-0.4, -0.2) is 39.8 Å². The highest BCUT2D eigenvalue weighted by Crippen LogP contribution is 2.19. The van der Waals surface area contributed by atoms with Gasteiger partial charge < -0.3 is 10.1 Å². The Hall–Kier alpha value is -2.45. The van der Waals surface area contributed by atoms with Gasteiger partial charge in [0.15, 0.2) is 11.6 Å². The molecule has 2 aromatic rings. The van der Waals surface area contributed by atoms with E-state index in [1.165, 1.54) is 57.6 Å². The van der Waals surface area contributed by atoms with E-state index in [1.807, 2.05) is 0 Å². The standard InChI is InChI=1S/C17H19FN2O4S/c1-20(2)25(22,23)14-7-5-13(6-8-14)19-17(21)11-12-4-9-16(24-3)15(18)10-12/h4-10H,11H2,1-3H3,(H,19,21). The largest absolute Gasteiger partial charge is 0.494 e.